The van der Waals surface area contributed by atoms with Crippen molar-refractivity contribution in [2.75, 3.05) is 0 Å². The van der Waals surface area contributed by atoms with Crippen LogP contribution in [0.5, 0.6) is 0 Å². The van der Waals surface area contributed by atoms with Gasteiger partial charge < -0.3 is 0 Å². The van der Waals surface area contributed by atoms with Crippen molar-refractivity contribution in [2.45, 2.75) is 6.92 Å². The Morgan fingerprint density at radius 3 is 2.23 bits per heavy atom. The Balaban J connectivity index is 1.87. The van der Waals surface area contributed by atoms with Crippen LogP contribution in [-0.2, 0) is 0 Å². The lowest BCUT2D eigenvalue weighted by Crippen LogP contribution is -1.87. The zero-order chi connectivity index (χ0) is 18.1. The Hall–Kier alpha value is -3.34. The van der Waals surface area contributed by atoms with Crippen molar-refractivity contribution in [1.82, 2.24) is 9.38 Å². The molecule has 0 N–H and O–H groups in total. The van der Waals surface area contributed by atoms with E-state index in [1.165, 1.54) is 24.3 Å². The largest absolute Gasteiger partial charge is 0.284 e. The van der Waals surface area contributed by atoms with Crippen LogP contribution < -0.4 is 0 Å². The van der Waals surface area contributed by atoms with Crippen molar-refractivity contribution >= 4 is 17.7 Å². The maximum atomic E-state index is 13.3. The normalized spacial score (nSPS) is 11.5. The van der Waals surface area contributed by atoms with Crippen molar-refractivity contribution in [1.29, 1.82) is 0 Å². The first-order valence-electron chi connectivity index (χ1n) is 8.14. The smallest absolute Gasteiger partial charge is 0.165 e. The highest BCUT2D eigenvalue weighted by atomic mass is 19.1. The highest BCUT2D eigenvalue weighted by Gasteiger charge is 2.13. The second-order valence-electron chi connectivity index (χ2n) is 6.04. The van der Waals surface area contributed by atoms with Gasteiger partial charge in [0.1, 0.15) is 23.0 Å². The van der Waals surface area contributed by atoms with Crippen molar-refractivity contribution in [3.63, 3.8) is 0 Å². The number of halogens is 2. The molecular formula is C21H15F2N3. The van der Waals surface area contributed by atoms with Gasteiger partial charge in [-0.15, -0.1) is 0 Å². The van der Waals surface area contributed by atoms with E-state index in [2.05, 4.69) is 9.98 Å². The number of benzene rings is 2. The number of fused-ring (bicyclic) bond motifs is 1. The molecule has 2 heterocycles. The summed E-state index contributed by atoms with van der Waals surface area (Å²) in [5.41, 5.74) is 4.03. The molecule has 0 radical (unpaired) electrons. The first kappa shape index (κ1) is 16.1. The molecule has 2 aromatic heterocycles. The van der Waals surface area contributed by atoms with Crippen LogP contribution in [0.25, 0.3) is 16.9 Å². The van der Waals surface area contributed by atoms with Crippen molar-refractivity contribution < 1.29 is 8.78 Å². The Bertz CT molecular complexity index is 1090. The number of aromatic nitrogens is 2. The Labute approximate surface area is 149 Å². The summed E-state index contributed by atoms with van der Waals surface area (Å²) in [6, 6.07) is 16.2. The summed E-state index contributed by atoms with van der Waals surface area (Å²) >= 11 is 0. The molecule has 128 valence electrons. The van der Waals surface area contributed by atoms with Gasteiger partial charge in [-0.2, -0.15) is 0 Å². The second-order valence-corrected chi connectivity index (χ2v) is 6.04. The summed E-state index contributed by atoms with van der Waals surface area (Å²) in [4.78, 5) is 9.24. The summed E-state index contributed by atoms with van der Waals surface area (Å²) in [7, 11) is 0. The van der Waals surface area contributed by atoms with Crippen molar-refractivity contribution in [3.05, 3.63) is 89.6 Å². The van der Waals surface area contributed by atoms with E-state index in [1.807, 2.05) is 29.7 Å². The average Bonchev–Trinajstić information content (AvgIpc) is 2.99. The van der Waals surface area contributed by atoms with Crippen molar-refractivity contribution in [3.8, 4) is 11.3 Å². The zero-order valence-electron chi connectivity index (χ0n) is 14.0. The van der Waals surface area contributed by atoms with E-state index in [0.717, 1.165) is 22.3 Å². The van der Waals surface area contributed by atoms with Gasteiger partial charge in [-0.25, -0.2) is 18.8 Å². The number of pyridine rings is 1. The van der Waals surface area contributed by atoms with Gasteiger partial charge >= 0.3 is 0 Å². The average molecular weight is 347 g/mol. The molecule has 0 aliphatic heterocycles. The molecule has 4 aromatic rings. The predicted octanol–water partition coefficient (Wildman–Crippen LogP) is 5.34. The molecule has 0 saturated carbocycles. The summed E-state index contributed by atoms with van der Waals surface area (Å²) < 4.78 is 28.3. The number of hydrogen-bond donors (Lipinski definition) is 0. The quantitative estimate of drug-likeness (QED) is 0.460. The van der Waals surface area contributed by atoms with Crippen LogP contribution in [0, 0.1) is 18.6 Å². The number of aliphatic imine (C=N–C) groups is 1. The van der Waals surface area contributed by atoms with Gasteiger partial charge in [0.05, 0.1) is 0 Å². The molecule has 0 aliphatic rings. The van der Waals surface area contributed by atoms with Crippen LogP contribution in [0.4, 0.5) is 14.6 Å². The molecule has 2 aromatic carbocycles. The Morgan fingerprint density at radius 1 is 0.885 bits per heavy atom. The first-order chi connectivity index (χ1) is 12.6. The third-order valence-corrected chi connectivity index (χ3v) is 4.06. The monoisotopic (exact) mass is 347 g/mol. The summed E-state index contributed by atoms with van der Waals surface area (Å²) in [5.74, 6) is 0.0453. The lowest BCUT2D eigenvalue weighted by molar-refractivity contribution is 0.627. The topological polar surface area (TPSA) is 29.7 Å². The first-order valence-corrected chi connectivity index (χ1v) is 8.14. The minimum absolute atomic E-state index is 0.292. The van der Waals surface area contributed by atoms with E-state index in [1.54, 1.807) is 30.5 Å². The fourth-order valence-corrected chi connectivity index (χ4v) is 2.75. The van der Waals surface area contributed by atoms with Crippen LogP contribution in [0.2, 0.25) is 0 Å². The fourth-order valence-electron chi connectivity index (χ4n) is 2.75. The maximum absolute atomic E-state index is 13.3. The van der Waals surface area contributed by atoms with E-state index in [0.29, 0.717) is 11.5 Å². The van der Waals surface area contributed by atoms with Gasteiger partial charge in [0, 0.05) is 18.0 Å². The summed E-state index contributed by atoms with van der Waals surface area (Å²) in [5, 5.41) is 0. The van der Waals surface area contributed by atoms with Gasteiger partial charge in [-0.3, -0.25) is 4.40 Å². The third kappa shape index (κ3) is 3.11. The molecule has 0 bridgehead atoms. The van der Waals surface area contributed by atoms with Gasteiger partial charge in [-0.05, 0) is 60.5 Å². The molecule has 3 nitrogen and oxygen atoms in total. The van der Waals surface area contributed by atoms with E-state index in [9.17, 15) is 8.78 Å². The standard InChI is InChI=1S/C21H15F2N3/c1-14-2-11-19-25-20(16-5-9-18(23)10-6-16)21(26(19)13-14)24-12-15-3-7-17(22)8-4-15/h2-13H,1H3/b24-12+. The number of nitrogens with zero attached hydrogens (tertiary/aromatic N) is 3. The van der Waals surface area contributed by atoms with Crippen LogP contribution in [0.15, 0.2) is 71.9 Å². The Kier molecular flexibility index (Phi) is 4.05. The molecule has 4 rings (SSSR count). The number of aryl methyl sites for hydroxylation is 1. The van der Waals surface area contributed by atoms with Crippen LogP contribution in [0.1, 0.15) is 11.1 Å². The zero-order valence-corrected chi connectivity index (χ0v) is 14.0. The van der Waals surface area contributed by atoms with Crippen molar-refractivity contribution in [2.24, 2.45) is 4.99 Å². The van der Waals surface area contributed by atoms with Gasteiger partial charge in [0.2, 0.25) is 0 Å². The fraction of sp³-hybridized carbons (Fsp3) is 0.0476. The molecule has 0 unspecified atom stereocenters. The number of hydrogen-bond acceptors (Lipinski definition) is 2. The van der Waals surface area contributed by atoms with E-state index in [-0.39, 0.29) is 11.6 Å². The molecule has 0 aliphatic carbocycles. The van der Waals surface area contributed by atoms with E-state index < -0.39 is 0 Å². The molecule has 0 saturated heterocycles. The van der Waals surface area contributed by atoms with Crippen LogP contribution >= 0.6 is 0 Å². The molecule has 0 spiro atoms. The SMILES string of the molecule is Cc1ccc2nc(-c3ccc(F)cc3)c(/N=C/c3ccc(F)cc3)n2c1. The number of imidazole rings is 1. The van der Waals surface area contributed by atoms with E-state index >= 15 is 0 Å². The highest BCUT2D eigenvalue weighted by molar-refractivity contribution is 5.85. The minimum atomic E-state index is -0.301. The molecule has 0 fully saturated rings. The lowest BCUT2D eigenvalue weighted by Gasteiger charge is -2.01. The maximum Gasteiger partial charge on any atom is 0.165 e. The molecular weight excluding hydrogens is 332 g/mol. The number of rotatable bonds is 3. The summed E-state index contributed by atoms with van der Waals surface area (Å²) in [6.07, 6.45) is 3.62. The minimum Gasteiger partial charge on any atom is -0.284 e. The molecule has 0 atom stereocenters. The second kappa shape index (κ2) is 6.52. The van der Waals surface area contributed by atoms with E-state index in [4.69, 9.17) is 0 Å². The highest BCUT2D eigenvalue weighted by Crippen LogP contribution is 2.31. The van der Waals surface area contributed by atoms with Gasteiger partial charge in [0.15, 0.2) is 5.82 Å². The van der Waals surface area contributed by atoms with Gasteiger partial charge in [-0.1, -0.05) is 18.2 Å². The van der Waals surface area contributed by atoms with Gasteiger partial charge in [0.25, 0.3) is 0 Å². The molecule has 5 heteroatoms. The van der Waals surface area contributed by atoms with Crippen LogP contribution in [0.3, 0.4) is 0 Å². The molecule has 0 amide bonds. The predicted molar refractivity (Wildman–Crippen MR) is 99.0 cm³/mol. The molecule has 26 heavy (non-hydrogen) atoms. The lowest BCUT2D eigenvalue weighted by atomic mass is 10.1. The summed E-state index contributed by atoms with van der Waals surface area (Å²) in [6.45, 7) is 1.99. The van der Waals surface area contributed by atoms with Crippen LogP contribution in [-0.4, -0.2) is 15.6 Å². The Morgan fingerprint density at radius 2 is 1.54 bits per heavy atom. The third-order valence-electron chi connectivity index (χ3n) is 4.06.